The fourth-order valence-electron chi connectivity index (χ4n) is 0.652. The van der Waals surface area contributed by atoms with Gasteiger partial charge in [-0.05, 0) is 19.1 Å². The Morgan fingerprint density at radius 3 is 2.90 bits per heavy atom. The minimum absolute atomic E-state index is 0.0150. The first-order chi connectivity index (χ1) is 4.84. The van der Waals surface area contributed by atoms with E-state index in [0.717, 1.165) is 0 Å². The molecule has 0 bridgehead atoms. The quantitative estimate of drug-likeness (QED) is 0.612. The lowest BCUT2D eigenvalue weighted by atomic mass is 10.3. The second-order valence-corrected chi connectivity index (χ2v) is 2.17. The molecular formula is C7H11NO2. The van der Waals surface area contributed by atoms with E-state index in [1.54, 1.807) is 23.6 Å². The first-order valence-corrected chi connectivity index (χ1v) is 3.24. The molecule has 0 saturated heterocycles. The standard InChI is InChI=1S/C7H11NO2/c1-7(6-9)8-4-2-3-5-10-8/h2-5,7,9H,6H2,1H3. The Kier molecular flexibility index (Phi) is 2.34. The van der Waals surface area contributed by atoms with E-state index in [9.17, 15) is 0 Å². The number of hydroxylamine groups is 2. The maximum atomic E-state index is 8.71. The first-order valence-electron chi connectivity index (χ1n) is 3.24. The van der Waals surface area contributed by atoms with Crippen molar-refractivity contribution in [3.8, 4) is 0 Å². The summed E-state index contributed by atoms with van der Waals surface area (Å²) < 4.78 is 0. The predicted octanol–water partition coefficient (Wildman–Crippen LogP) is 0.642. The van der Waals surface area contributed by atoms with Gasteiger partial charge in [0, 0.05) is 6.20 Å². The van der Waals surface area contributed by atoms with Crippen molar-refractivity contribution in [2.24, 2.45) is 0 Å². The summed E-state index contributed by atoms with van der Waals surface area (Å²) in [5.41, 5.74) is 0. The molecule has 1 aliphatic heterocycles. The molecular weight excluding hydrogens is 130 g/mol. The fraction of sp³-hybridized carbons (Fsp3) is 0.429. The van der Waals surface area contributed by atoms with E-state index >= 15 is 0 Å². The molecule has 0 fully saturated rings. The van der Waals surface area contributed by atoms with E-state index in [1.807, 2.05) is 13.0 Å². The van der Waals surface area contributed by atoms with Crippen LogP contribution in [0.1, 0.15) is 6.92 Å². The Balaban J connectivity index is 2.42. The van der Waals surface area contributed by atoms with Crippen molar-refractivity contribution in [3.63, 3.8) is 0 Å². The summed E-state index contributed by atoms with van der Waals surface area (Å²) in [6.07, 6.45) is 7.00. The summed E-state index contributed by atoms with van der Waals surface area (Å²) in [5, 5.41) is 10.3. The van der Waals surface area contributed by atoms with Crippen LogP contribution in [-0.2, 0) is 4.84 Å². The minimum Gasteiger partial charge on any atom is -0.394 e. The second-order valence-electron chi connectivity index (χ2n) is 2.17. The van der Waals surface area contributed by atoms with Gasteiger partial charge in [-0.2, -0.15) is 0 Å². The number of hydrogen-bond donors (Lipinski definition) is 1. The van der Waals surface area contributed by atoms with E-state index in [-0.39, 0.29) is 12.6 Å². The van der Waals surface area contributed by atoms with Crippen LogP contribution in [0.4, 0.5) is 0 Å². The van der Waals surface area contributed by atoms with Gasteiger partial charge in [-0.25, -0.2) is 5.06 Å². The van der Waals surface area contributed by atoms with Crippen LogP contribution in [-0.4, -0.2) is 22.8 Å². The van der Waals surface area contributed by atoms with Gasteiger partial charge in [0.1, 0.15) is 6.26 Å². The molecule has 0 aromatic carbocycles. The van der Waals surface area contributed by atoms with Crippen molar-refractivity contribution in [3.05, 3.63) is 24.6 Å². The van der Waals surface area contributed by atoms with Crippen molar-refractivity contribution in [1.82, 2.24) is 5.06 Å². The smallest absolute Gasteiger partial charge is 0.119 e. The molecule has 10 heavy (non-hydrogen) atoms. The summed E-state index contributed by atoms with van der Waals surface area (Å²) in [7, 11) is 0. The Bertz CT molecular complexity index is 154. The van der Waals surface area contributed by atoms with Crippen LogP contribution in [0.3, 0.4) is 0 Å². The molecule has 0 aromatic rings. The lowest BCUT2D eigenvalue weighted by molar-refractivity contribution is -0.101. The summed E-state index contributed by atoms with van der Waals surface area (Å²) in [6, 6.07) is 0.0150. The summed E-state index contributed by atoms with van der Waals surface area (Å²) >= 11 is 0. The van der Waals surface area contributed by atoms with Gasteiger partial charge in [-0.1, -0.05) is 0 Å². The highest BCUT2D eigenvalue weighted by Gasteiger charge is 2.08. The Labute approximate surface area is 60.2 Å². The van der Waals surface area contributed by atoms with Crippen molar-refractivity contribution in [2.45, 2.75) is 13.0 Å². The van der Waals surface area contributed by atoms with Crippen molar-refractivity contribution in [1.29, 1.82) is 0 Å². The van der Waals surface area contributed by atoms with Crippen LogP contribution >= 0.6 is 0 Å². The monoisotopic (exact) mass is 141 g/mol. The molecule has 1 unspecified atom stereocenters. The Morgan fingerprint density at radius 1 is 1.60 bits per heavy atom. The number of allylic oxidation sites excluding steroid dienone is 2. The normalized spacial score (nSPS) is 18.8. The van der Waals surface area contributed by atoms with E-state index < -0.39 is 0 Å². The second kappa shape index (κ2) is 3.27. The zero-order chi connectivity index (χ0) is 7.40. The molecule has 0 radical (unpaired) electrons. The van der Waals surface area contributed by atoms with Crippen molar-refractivity contribution < 1.29 is 9.94 Å². The molecule has 0 aliphatic carbocycles. The molecule has 0 saturated carbocycles. The number of aliphatic hydroxyl groups is 1. The Morgan fingerprint density at radius 2 is 2.40 bits per heavy atom. The summed E-state index contributed by atoms with van der Waals surface area (Å²) in [4.78, 5) is 5.04. The highest BCUT2D eigenvalue weighted by molar-refractivity contribution is 5.01. The van der Waals surface area contributed by atoms with Crippen molar-refractivity contribution >= 4 is 0 Å². The molecule has 3 heteroatoms. The third-order valence-corrected chi connectivity index (χ3v) is 1.30. The molecule has 1 aliphatic rings. The highest BCUT2D eigenvalue weighted by Crippen LogP contribution is 2.04. The third-order valence-electron chi connectivity index (χ3n) is 1.30. The number of aliphatic hydroxyl groups excluding tert-OH is 1. The molecule has 1 heterocycles. The van der Waals surface area contributed by atoms with Gasteiger partial charge < -0.3 is 9.94 Å². The lowest BCUT2D eigenvalue weighted by Gasteiger charge is -2.25. The third kappa shape index (κ3) is 1.51. The zero-order valence-electron chi connectivity index (χ0n) is 5.90. The average molecular weight is 141 g/mol. The van der Waals surface area contributed by atoms with Gasteiger partial charge in [0.15, 0.2) is 0 Å². The summed E-state index contributed by atoms with van der Waals surface area (Å²) in [6.45, 7) is 1.97. The topological polar surface area (TPSA) is 32.7 Å². The van der Waals surface area contributed by atoms with Crippen LogP contribution in [0, 0.1) is 0 Å². The molecule has 0 aromatic heterocycles. The van der Waals surface area contributed by atoms with Crippen molar-refractivity contribution in [2.75, 3.05) is 6.61 Å². The predicted molar refractivity (Wildman–Crippen MR) is 37.8 cm³/mol. The number of hydrogen-bond acceptors (Lipinski definition) is 3. The van der Waals surface area contributed by atoms with Crippen LogP contribution in [0.15, 0.2) is 24.6 Å². The molecule has 56 valence electrons. The van der Waals surface area contributed by atoms with Crippen LogP contribution in [0.25, 0.3) is 0 Å². The van der Waals surface area contributed by atoms with Crippen LogP contribution < -0.4 is 0 Å². The SMILES string of the molecule is CC(CO)N1C=CC=CO1. The summed E-state index contributed by atoms with van der Waals surface area (Å²) in [5.74, 6) is 0. The fourth-order valence-corrected chi connectivity index (χ4v) is 0.652. The largest absolute Gasteiger partial charge is 0.394 e. The van der Waals surface area contributed by atoms with Gasteiger partial charge >= 0.3 is 0 Å². The average Bonchev–Trinajstić information content (AvgIpc) is 2.05. The molecule has 3 nitrogen and oxygen atoms in total. The molecule has 1 N–H and O–H groups in total. The highest BCUT2D eigenvalue weighted by atomic mass is 16.7. The molecule has 0 spiro atoms. The van der Waals surface area contributed by atoms with Gasteiger partial charge in [-0.15, -0.1) is 0 Å². The number of nitrogens with zero attached hydrogens (tertiary/aromatic N) is 1. The van der Waals surface area contributed by atoms with E-state index in [0.29, 0.717) is 0 Å². The molecule has 0 amide bonds. The van der Waals surface area contributed by atoms with E-state index in [4.69, 9.17) is 9.94 Å². The maximum absolute atomic E-state index is 8.71. The molecule has 1 atom stereocenters. The maximum Gasteiger partial charge on any atom is 0.119 e. The van der Waals surface area contributed by atoms with Crippen LogP contribution in [0.5, 0.6) is 0 Å². The van der Waals surface area contributed by atoms with E-state index in [2.05, 4.69) is 0 Å². The zero-order valence-corrected chi connectivity index (χ0v) is 5.90. The van der Waals surface area contributed by atoms with Crippen LogP contribution in [0.2, 0.25) is 0 Å². The van der Waals surface area contributed by atoms with Gasteiger partial charge in [0.05, 0.1) is 12.6 Å². The minimum atomic E-state index is 0.0150. The number of rotatable bonds is 2. The van der Waals surface area contributed by atoms with E-state index in [1.165, 1.54) is 0 Å². The Hall–Kier alpha value is -0.960. The van der Waals surface area contributed by atoms with Gasteiger partial charge in [-0.3, -0.25) is 0 Å². The first kappa shape index (κ1) is 7.15. The molecule has 1 rings (SSSR count). The lowest BCUT2D eigenvalue weighted by Crippen LogP contribution is -2.30. The van der Waals surface area contributed by atoms with Gasteiger partial charge in [0.2, 0.25) is 0 Å². The van der Waals surface area contributed by atoms with Gasteiger partial charge in [0.25, 0.3) is 0 Å².